The van der Waals surface area contributed by atoms with Crippen molar-refractivity contribution < 1.29 is 9.53 Å². The van der Waals surface area contributed by atoms with Gasteiger partial charge in [-0.25, -0.2) is 4.98 Å². The number of benzene rings is 1. The number of aliphatic imine (C=N–C) groups is 1. The highest BCUT2D eigenvalue weighted by Gasteiger charge is 2.31. The zero-order chi connectivity index (χ0) is 17.6. The number of rotatable bonds is 5. The molecule has 1 atom stereocenters. The molecule has 1 aliphatic rings. The number of hydrogen-bond donors (Lipinski definition) is 2. The van der Waals surface area contributed by atoms with E-state index in [4.69, 9.17) is 4.74 Å². The quantitative estimate of drug-likeness (QED) is 0.385. The van der Waals surface area contributed by atoms with Gasteiger partial charge in [0.1, 0.15) is 10.8 Å². The van der Waals surface area contributed by atoms with Gasteiger partial charge in [-0.3, -0.25) is 9.79 Å². The topological polar surface area (TPSA) is 78.8 Å². The van der Waals surface area contributed by atoms with E-state index in [-0.39, 0.29) is 35.9 Å². The molecule has 9 heteroatoms. The second-order valence-corrected chi connectivity index (χ2v) is 6.58. The Morgan fingerprint density at radius 1 is 1.50 bits per heavy atom. The fraction of sp³-hybridized carbons (Fsp3) is 0.353. The molecule has 2 heterocycles. The molecule has 0 aliphatic carbocycles. The van der Waals surface area contributed by atoms with E-state index >= 15 is 0 Å². The van der Waals surface area contributed by atoms with Crippen molar-refractivity contribution in [2.24, 2.45) is 4.99 Å². The molecule has 1 aliphatic heterocycles. The summed E-state index contributed by atoms with van der Waals surface area (Å²) in [6.07, 6.45) is 2.20. The van der Waals surface area contributed by atoms with Crippen LogP contribution in [0.1, 0.15) is 11.4 Å². The first-order valence-corrected chi connectivity index (χ1v) is 8.87. The third-order valence-corrected chi connectivity index (χ3v) is 4.72. The van der Waals surface area contributed by atoms with Gasteiger partial charge in [0.05, 0.1) is 19.7 Å². The highest BCUT2D eigenvalue weighted by Crippen LogP contribution is 2.25. The molecule has 2 N–H and O–H groups in total. The molecular weight excluding hydrogens is 465 g/mol. The molecule has 0 saturated carbocycles. The number of ether oxygens (including phenoxy) is 1. The number of guanidine groups is 1. The van der Waals surface area contributed by atoms with E-state index in [1.165, 1.54) is 0 Å². The van der Waals surface area contributed by atoms with Crippen LogP contribution in [-0.4, -0.2) is 43.6 Å². The molecule has 0 spiro atoms. The molecule has 3 rings (SSSR count). The Kier molecular flexibility index (Phi) is 7.64. The number of nitrogens with one attached hydrogen (secondary N) is 2. The van der Waals surface area contributed by atoms with Crippen molar-refractivity contribution in [3.05, 3.63) is 40.8 Å². The second-order valence-electron chi connectivity index (χ2n) is 5.60. The minimum atomic E-state index is 0. The zero-order valence-corrected chi connectivity index (χ0v) is 17.8. The largest absolute Gasteiger partial charge is 0.497 e. The number of nitrogens with zero attached hydrogens (tertiary/aromatic N) is 3. The van der Waals surface area contributed by atoms with E-state index in [0.717, 1.165) is 16.4 Å². The van der Waals surface area contributed by atoms with Crippen molar-refractivity contribution in [1.82, 2.24) is 15.6 Å². The van der Waals surface area contributed by atoms with Crippen LogP contribution in [0.4, 0.5) is 5.69 Å². The predicted molar refractivity (Wildman–Crippen MR) is 115 cm³/mol. The fourth-order valence-corrected chi connectivity index (χ4v) is 3.28. The molecular formula is C17H22IN5O2S. The Bertz CT molecular complexity index is 753. The van der Waals surface area contributed by atoms with Crippen LogP contribution in [0.5, 0.6) is 5.75 Å². The Morgan fingerprint density at radius 3 is 3.04 bits per heavy atom. The Morgan fingerprint density at radius 2 is 2.35 bits per heavy atom. The lowest BCUT2D eigenvalue weighted by Crippen LogP contribution is -2.44. The predicted octanol–water partition coefficient (Wildman–Crippen LogP) is 2.24. The van der Waals surface area contributed by atoms with Gasteiger partial charge in [0.25, 0.3) is 0 Å². The molecule has 2 aromatic rings. The van der Waals surface area contributed by atoms with Gasteiger partial charge in [0.15, 0.2) is 5.96 Å². The van der Waals surface area contributed by atoms with E-state index in [0.29, 0.717) is 25.5 Å². The number of thiazole rings is 1. The van der Waals surface area contributed by atoms with Gasteiger partial charge in [0.2, 0.25) is 5.91 Å². The number of anilines is 1. The smallest absolute Gasteiger partial charge is 0.229 e. The number of methoxy groups -OCH3 is 1. The molecule has 1 aromatic heterocycles. The van der Waals surface area contributed by atoms with Crippen LogP contribution in [-0.2, 0) is 11.3 Å². The first-order valence-electron chi connectivity index (χ1n) is 7.99. The summed E-state index contributed by atoms with van der Waals surface area (Å²) < 4.78 is 5.24. The lowest BCUT2D eigenvalue weighted by molar-refractivity contribution is -0.117. The molecule has 1 unspecified atom stereocenters. The SMILES string of the molecule is CN=C(NCc1nccs1)NC1CC(=O)N(c2cccc(OC)c2)C1.I. The first-order chi connectivity index (χ1) is 12.2. The Balaban J connectivity index is 0.00000243. The molecule has 26 heavy (non-hydrogen) atoms. The van der Waals surface area contributed by atoms with E-state index < -0.39 is 0 Å². The summed E-state index contributed by atoms with van der Waals surface area (Å²) in [6.45, 7) is 1.20. The van der Waals surface area contributed by atoms with Gasteiger partial charge in [-0.2, -0.15) is 0 Å². The zero-order valence-electron chi connectivity index (χ0n) is 14.6. The molecule has 1 amide bonds. The summed E-state index contributed by atoms with van der Waals surface area (Å²) >= 11 is 1.59. The summed E-state index contributed by atoms with van der Waals surface area (Å²) in [6, 6.07) is 7.54. The maximum absolute atomic E-state index is 12.4. The summed E-state index contributed by atoms with van der Waals surface area (Å²) in [4.78, 5) is 22.6. The average Bonchev–Trinajstić information content (AvgIpc) is 3.28. The minimum absolute atomic E-state index is 0. The van der Waals surface area contributed by atoms with E-state index in [1.54, 1.807) is 36.6 Å². The Labute approximate surface area is 173 Å². The van der Waals surface area contributed by atoms with Crippen molar-refractivity contribution in [1.29, 1.82) is 0 Å². The average molecular weight is 487 g/mol. The van der Waals surface area contributed by atoms with Crippen molar-refractivity contribution in [3.63, 3.8) is 0 Å². The van der Waals surface area contributed by atoms with E-state index in [1.807, 2.05) is 29.6 Å². The standard InChI is InChI=1S/C17H21N5O2S.HI/c1-18-17(20-10-15-19-6-7-25-15)21-12-8-16(23)22(11-12)13-4-3-5-14(9-13)24-2;/h3-7,9,12H,8,10-11H2,1-2H3,(H2,18,20,21);1H. The number of carbonyl (C=O) groups excluding carboxylic acids is 1. The summed E-state index contributed by atoms with van der Waals surface area (Å²) in [5.41, 5.74) is 0.847. The van der Waals surface area contributed by atoms with Gasteiger partial charge in [-0.15, -0.1) is 35.3 Å². The number of carbonyl (C=O) groups is 1. The van der Waals surface area contributed by atoms with E-state index in [9.17, 15) is 4.79 Å². The Hall–Kier alpha value is -1.88. The number of aromatic nitrogens is 1. The lowest BCUT2D eigenvalue weighted by atomic mass is 10.2. The van der Waals surface area contributed by atoms with Crippen LogP contribution in [0.3, 0.4) is 0 Å². The lowest BCUT2D eigenvalue weighted by Gasteiger charge is -2.19. The van der Waals surface area contributed by atoms with Crippen molar-refractivity contribution in [2.45, 2.75) is 19.0 Å². The van der Waals surface area contributed by atoms with Crippen LogP contribution in [0.2, 0.25) is 0 Å². The molecule has 140 valence electrons. The van der Waals surface area contributed by atoms with Gasteiger partial charge >= 0.3 is 0 Å². The van der Waals surface area contributed by atoms with Crippen LogP contribution in [0, 0.1) is 0 Å². The molecule has 7 nitrogen and oxygen atoms in total. The van der Waals surface area contributed by atoms with Crippen molar-refractivity contribution in [2.75, 3.05) is 25.6 Å². The molecule has 1 saturated heterocycles. The van der Waals surface area contributed by atoms with Crippen LogP contribution >= 0.6 is 35.3 Å². The van der Waals surface area contributed by atoms with Gasteiger partial charge in [-0.1, -0.05) is 6.07 Å². The first kappa shape index (κ1) is 20.4. The maximum atomic E-state index is 12.4. The monoisotopic (exact) mass is 487 g/mol. The highest BCUT2D eigenvalue weighted by molar-refractivity contribution is 14.0. The van der Waals surface area contributed by atoms with Crippen molar-refractivity contribution >= 4 is 52.9 Å². The van der Waals surface area contributed by atoms with Crippen LogP contribution in [0.25, 0.3) is 0 Å². The second kappa shape index (κ2) is 9.72. The summed E-state index contributed by atoms with van der Waals surface area (Å²) in [7, 11) is 3.33. The number of hydrogen-bond acceptors (Lipinski definition) is 5. The van der Waals surface area contributed by atoms with Gasteiger partial charge in [0, 0.05) is 43.3 Å². The van der Waals surface area contributed by atoms with Crippen LogP contribution < -0.4 is 20.3 Å². The third-order valence-electron chi connectivity index (χ3n) is 3.95. The summed E-state index contributed by atoms with van der Waals surface area (Å²) in [5.74, 6) is 1.49. The fourth-order valence-electron chi connectivity index (χ4n) is 2.72. The molecule has 1 aromatic carbocycles. The van der Waals surface area contributed by atoms with E-state index in [2.05, 4.69) is 20.6 Å². The number of halogens is 1. The van der Waals surface area contributed by atoms with Gasteiger partial charge in [-0.05, 0) is 12.1 Å². The normalized spacial score (nSPS) is 17.0. The number of amides is 1. The molecule has 1 fully saturated rings. The maximum Gasteiger partial charge on any atom is 0.229 e. The van der Waals surface area contributed by atoms with Gasteiger partial charge < -0.3 is 20.3 Å². The minimum Gasteiger partial charge on any atom is -0.497 e. The molecule has 0 radical (unpaired) electrons. The third kappa shape index (κ3) is 5.07. The summed E-state index contributed by atoms with van der Waals surface area (Å²) in [5, 5.41) is 9.46. The van der Waals surface area contributed by atoms with Crippen LogP contribution in [0.15, 0.2) is 40.8 Å². The van der Waals surface area contributed by atoms with Crippen molar-refractivity contribution in [3.8, 4) is 5.75 Å². The molecule has 0 bridgehead atoms. The highest BCUT2D eigenvalue weighted by atomic mass is 127.